The van der Waals surface area contributed by atoms with Crippen LogP contribution < -0.4 is 0 Å². The smallest absolute Gasteiger partial charge is 0.137 e. The molecule has 0 aliphatic heterocycles. The number of imidazole rings is 1. The largest absolute Gasteiger partial charge is 0.298 e. The minimum Gasteiger partial charge on any atom is -0.298 e. The summed E-state index contributed by atoms with van der Waals surface area (Å²) in [4.78, 5) is 9.34. The SMILES string of the molecule is CC(C)(C)c1ccc(C(C)(C)C)c2c1ncc1c2ccc2nccn21. The molecule has 0 radical (unpaired) electrons. The maximum absolute atomic E-state index is 4.93. The number of benzene rings is 1. The van der Waals surface area contributed by atoms with Gasteiger partial charge < -0.3 is 0 Å². The summed E-state index contributed by atoms with van der Waals surface area (Å²) < 4.78 is 2.12. The van der Waals surface area contributed by atoms with Crippen molar-refractivity contribution in [3.8, 4) is 0 Å². The monoisotopic (exact) mass is 331 g/mol. The predicted molar refractivity (Wildman–Crippen MR) is 105 cm³/mol. The highest BCUT2D eigenvalue weighted by atomic mass is 15.0. The van der Waals surface area contributed by atoms with Gasteiger partial charge in [-0.3, -0.25) is 9.38 Å². The van der Waals surface area contributed by atoms with Crippen LogP contribution in [0.25, 0.3) is 27.5 Å². The van der Waals surface area contributed by atoms with E-state index in [-0.39, 0.29) is 10.8 Å². The predicted octanol–water partition coefficient (Wildman–Crippen LogP) is 5.63. The summed E-state index contributed by atoms with van der Waals surface area (Å²) in [6, 6.07) is 8.85. The molecule has 3 nitrogen and oxygen atoms in total. The molecule has 3 heteroatoms. The molecule has 0 aliphatic carbocycles. The van der Waals surface area contributed by atoms with Gasteiger partial charge in [0.05, 0.1) is 17.2 Å². The van der Waals surface area contributed by atoms with Crippen molar-refractivity contribution in [2.24, 2.45) is 0 Å². The van der Waals surface area contributed by atoms with Crippen molar-refractivity contribution in [3.05, 3.63) is 54.0 Å². The first-order valence-electron chi connectivity index (χ1n) is 8.86. The summed E-state index contributed by atoms with van der Waals surface area (Å²) >= 11 is 0. The van der Waals surface area contributed by atoms with E-state index < -0.39 is 0 Å². The first-order valence-corrected chi connectivity index (χ1v) is 8.86. The van der Waals surface area contributed by atoms with E-state index in [1.807, 2.05) is 18.6 Å². The molecule has 0 bridgehead atoms. The van der Waals surface area contributed by atoms with Crippen molar-refractivity contribution < 1.29 is 0 Å². The van der Waals surface area contributed by atoms with Gasteiger partial charge in [0.25, 0.3) is 0 Å². The number of fused-ring (bicyclic) bond motifs is 5. The van der Waals surface area contributed by atoms with Crippen LogP contribution in [-0.2, 0) is 10.8 Å². The fourth-order valence-corrected chi connectivity index (χ4v) is 3.71. The number of rotatable bonds is 0. The molecule has 0 saturated heterocycles. The van der Waals surface area contributed by atoms with Gasteiger partial charge in [0.1, 0.15) is 5.65 Å². The molecule has 0 amide bonds. The topological polar surface area (TPSA) is 30.2 Å². The Morgan fingerprint density at radius 2 is 1.48 bits per heavy atom. The Morgan fingerprint density at radius 1 is 0.800 bits per heavy atom. The lowest BCUT2D eigenvalue weighted by atomic mass is 9.78. The molecule has 4 aromatic rings. The molecule has 0 fully saturated rings. The van der Waals surface area contributed by atoms with E-state index in [2.05, 4.69) is 75.2 Å². The highest BCUT2D eigenvalue weighted by Crippen LogP contribution is 2.38. The molecule has 3 aromatic heterocycles. The normalized spacial score (nSPS) is 13.2. The molecule has 128 valence electrons. The van der Waals surface area contributed by atoms with E-state index in [9.17, 15) is 0 Å². The highest BCUT2D eigenvalue weighted by Gasteiger charge is 2.25. The van der Waals surface area contributed by atoms with E-state index in [0.717, 1.165) is 16.7 Å². The molecular formula is C22H25N3. The molecule has 3 heterocycles. The van der Waals surface area contributed by atoms with Gasteiger partial charge in [0, 0.05) is 23.2 Å². The number of hydrogen-bond donors (Lipinski definition) is 0. The molecule has 0 unspecified atom stereocenters. The average molecular weight is 331 g/mol. The van der Waals surface area contributed by atoms with Crippen LogP contribution in [0.5, 0.6) is 0 Å². The van der Waals surface area contributed by atoms with E-state index in [1.54, 1.807) is 0 Å². The lowest BCUT2D eigenvalue weighted by Crippen LogP contribution is -2.17. The van der Waals surface area contributed by atoms with Gasteiger partial charge >= 0.3 is 0 Å². The molecule has 0 spiro atoms. The number of pyridine rings is 2. The Labute approximate surface area is 148 Å². The number of nitrogens with zero attached hydrogens (tertiary/aromatic N) is 3. The quantitative estimate of drug-likeness (QED) is 0.391. The third-order valence-corrected chi connectivity index (χ3v) is 4.98. The van der Waals surface area contributed by atoms with Gasteiger partial charge in [-0.05, 0) is 34.1 Å². The lowest BCUT2D eigenvalue weighted by molar-refractivity contribution is 0.584. The van der Waals surface area contributed by atoms with Crippen LogP contribution in [0.2, 0.25) is 0 Å². The first-order chi connectivity index (χ1) is 11.7. The van der Waals surface area contributed by atoms with Crippen molar-refractivity contribution >= 4 is 27.5 Å². The minimum atomic E-state index is 0.0500. The fourth-order valence-electron chi connectivity index (χ4n) is 3.71. The summed E-state index contributed by atoms with van der Waals surface area (Å²) in [6.45, 7) is 13.6. The molecule has 0 aliphatic rings. The van der Waals surface area contributed by atoms with Crippen LogP contribution in [0.1, 0.15) is 52.7 Å². The maximum atomic E-state index is 4.93. The number of hydrogen-bond acceptors (Lipinski definition) is 2. The second-order valence-corrected chi connectivity index (χ2v) is 8.93. The van der Waals surface area contributed by atoms with Gasteiger partial charge in [-0.15, -0.1) is 0 Å². The Balaban J connectivity index is 2.27. The molecule has 1 aromatic carbocycles. The van der Waals surface area contributed by atoms with Crippen molar-refractivity contribution in [2.45, 2.75) is 52.4 Å². The van der Waals surface area contributed by atoms with Gasteiger partial charge in [-0.25, -0.2) is 4.98 Å². The van der Waals surface area contributed by atoms with Crippen LogP contribution in [0.4, 0.5) is 0 Å². The zero-order valence-electron chi connectivity index (χ0n) is 15.9. The van der Waals surface area contributed by atoms with Gasteiger partial charge in [-0.2, -0.15) is 0 Å². The zero-order valence-corrected chi connectivity index (χ0v) is 15.9. The van der Waals surface area contributed by atoms with Crippen LogP contribution >= 0.6 is 0 Å². The van der Waals surface area contributed by atoms with Crippen LogP contribution in [0.3, 0.4) is 0 Å². The number of aromatic nitrogens is 3. The van der Waals surface area contributed by atoms with E-state index in [0.29, 0.717) is 0 Å². The molecular weight excluding hydrogens is 306 g/mol. The summed E-state index contributed by atoms with van der Waals surface area (Å²) in [5.41, 5.74) is 5.92. The van der Waals surface area contributed by atoms with E-state index in [1.165, 1.54) is 21.9 Å². The van der Waals surface area contributed by atoms with E-state index >= 15 is 0 Å². The third kappa shape index (κ3) is 2.41. The van der Waals surface area contributed by atoms with Gasteiger partial charge in [0.15, 0.2) is 0 Å². The first kappa shape index (κ1) is 16.1. The maximum Gasteiger partial charge on any atom is 0.137 e. The Kier molecular flexibility index (Phi) is 3.24. The third-order valence-electron chi connectivity index (χ3n) is 4.98. The Morgan fingerprint density at radius 3 is 2.16 bits per heavy atom. The van der Waals surface area contributed by atoms with E-state index in [4.69, 9.17) is 4.98 Å². The summed E-state index contributed by atoms with van der Waals surface area (Å²) in [5.74, 6) is 0. The highest BCUT2D eigenvalue weighted by molar-refractivity contribution is 6.08. The molecule has 0 atom stereocenters. The van der Waals surface area contributed by atoms with Crippen molar-refractivity contribution in [1.29, 1.82) is 0 Å². The van der Waals surface area contributed by atoms with Gasteiger partial charge in [-0.1, -0.05) is 53.7 Å². The van der Waals surface area contributed by atoms with Crippen molar-refractivity contribution in [2.75, 3.05) is 0 Å². The molecule has 0 saturated carbocycles. The fraction of sp³-hybridized carbons (Fsp3) is 0.364. The second kappa shape index (κ2) is 5.04. The van der Waals surface area contributed by atoms with Crippen LogP contribution in [-0.4, -0.2) is 14.4 Å². The molecule has 0 N–H and O–H groups in total. The Bertz CT molecular complexity index is 1110. The minimum absolute atomic E-state index is 0.0500. The zero-order chi connectivity index (χ0) is 18.0. The second-order valence-electron chi connectivity index (χ2n) is 8.93. The molecule has 25 heavy (non-hydrogen) atoms. The van der Waals surface area contributed by atoms with Crippen molar-refractivity contribution in [1.82, 2.24) is 14.4 Å². The van der Waals surface area contributed by atoms with Crippen molar-refractivity contribution in [3.63, 3.8) is 0 Å². The lowest BCUT2D eigenvalue weighted by Gasteiger charge is -2.27. The molecule has 4 rings (SSSR count). The average Bonchev–Trinajstić information content (AvgIpc) is 3.00. The summed E-state index contributed by atoms with van der Waals surface area (Å²) in [5, 5.41) is 2.51. The Hall–Kier alpha value is -2.42. The standard InChI is InChI=1S/C22H25N3/c1-21(2,3)15-8-9-16(22(4,5)6)20-19(15)14-7-10-18-23-11-12-25(18)17(14)13-24-20/h7-13H,1-6H3. The van der Waals surface area contributed by atoms with Crippen LogP contribution in [0, 0.1) is 0 Å². The summed E-state index contributed by atoms with van der Waals surface area (Å²) in [7, 11) is 0. The summed E-state index contributed by atoms with van der Waals surface area (Å²) in [6.07, 6.45) is 5.85. The van der Waals surface area contributed by atoms with Gasteiger partial charge in [0.2, 0.25) is 0 Å². The van der Waals surface area contributed by atoms with Crippen LogP contribution in [0.15, 0.2) is 42.9 Å².